The van der Waals surface area contributed by atoms with Crippen LogP contribution in [-0.2, 0) is 11.3 Å². The molecule has 23 heavy (non-hydrogen) atoms. The summed E-state index contributed by atoms with van der Waals surface area (Å²) >= 11 is 1.72. The van der Waals surface area contributed by atoms with Crippen LogP contribution >= 0.6 is 11.8 Å². The molecule has 120 valence electrons. The lowest BCUT2D eigenvalue weighted by atomic mass is 10.1. The first-order chi connectivity index (χ1) is 11.1. The molecule has 2 aromatic rings. The molecule has 1 heterocycles. The highest BCUT2D eigenvalue weighted by Crippen LogP contribution is 2.40. The third-order valence-electron chi connectivity index (χ3n) is 4.23. The summed E-state index contributed by atoms with van der Waals surface area (Å²) in [4.78, 5) is 16.4. The fourth-order valence-corrected chi connectivity index (χ4v) is 4.13. The maximum absolute atomic E-state index is 12.3. The minimum atomic E-state index is 0.122. The Labute approximate surface area is 142 Å². The van der Waals surface area contributed by atoms with Crippen molar-refractivity contribution in [2.75, 3.05) is 24.7 Å². The fraction of sp³-hybridized carbons (Fsp3) is 0.316. The molecule has 0 aromatic heterocycles. The quantitative estimate of drug-likeness (QED) is 0.853. The first-order valence-corrected chi connectivity index (χ1v) is 8.84. The van der Waals surface area contributed by atoms with Gasteiger partial charge in [-0.25, -0.2) is 0 Å². The molecule has 1 fully saturated rings. The van der Waals surface area contributed by atoms with Crippen LogP contribution in [0.5, 0.6) is 0 Å². The van der Waals surface area contributed by atoms with Gasteiger partial charge in [-0.15, -0.1) is 11.8 Å². The monoisotopic (exact) mass is 326 g/mol. The number of amides is 1. The highest BCUT2D eigenvalue weighted by molar-refractivity contribution is 8.00. The molecule has 1 unspecified atom stereocenters. The number of aryl methyl sites for hydroxylation is 1. The molecule has 1 aliphatic heterocycles. The lowest BCUT2D eigenvalue weighted by Crippen LogP contribution is -2.28. The fourth-order valence-electron chi connectivity index (χ4n) is 2.84. The summed E-state index contributed by atoms with van der Waals surface area (Å²) < 4.78 is 0. The van der Waals surface area contributed by atoms with E-state index in [0.717, 1.165) is 0 Å². The first kappa shape index (κ1) is 15.9. The maximum Gasteiger partial charge on any atom is 0.234 e. The van der Waals surface area contributed by atoms with Crippen molar-refractivity contribution < 1.29 is 4.79 Å². The van der Waals surface area contributed by atoms with Crippen molar-refractivity contribution >= 4 is 23.4 Å². The van der Waals surface area contributed by atoms with Gasteiger partial charge in [0.05, 0.1) is 5.75 Å². The predicted molar refractivity (Wildman–Crippen MR) is 97.7 cm³/mol. The van der Waals surface area contributed by atoms with E-state index in [0.29, 0.717) is 12.3 Å². The zero-order valence-corrected chi connectivity index (χ0v) is 14.6. The second-order valence-corrected chi connectivity index (χ2v) is 7.17. The van der Waals surface area contributed by atoms with Gasteiger partial charge in [-0.05, 0) is 35.7 Å². The van der Waals surface area contributed by atoms with Crippen LogP contribution in [0.3, 0.4) is 0 Å². The second-order valence-electron chi connectivity index (χ2n) is 6.10. The zero-order valence-electron chi connectivity index (χ0n) is 13.8. The normalized spacial score (nSPS) is 17.6. The lowest BCUT2D eigenvalue weighted by Gasteiger charge is -2.25. The highest BCUT2D eigenvalue weighted by Gasteiger charge is 2.33. The van der Waals surface area contributed by atoms with E-state index >= 15 is 0 Å². The van der Waals surface area contributed by atoms with Crippen molar-refractivity contribution in [2.24, 2.45) is 0 Å². The van der Waals surface area contributed by atoms with Gasteiger partial charge in [0.15, 0.2) is 0 Å². The Morgan fingerprint density at radius 1 is 1.13 bits per heavy atom. The number of carbonyl (C=O) groups is 1. The summed E-state index contributed by atoms with van der Waals surface area (Å²) in [6, 6.07) is 16.8. The minimum Gasteiger partial charge on any atom is -0.378 e. The van der Waals surface area contributed by atoms with Gasteiger partial charge in [0.25, 0.3) is 0 Å². The molecular formula is C19H22N2OS. The molecule has 1 aliphatic rings. The molecule has 4 heteroatoms. The Morgan fingerprint density at radius 3 is 2.48 bits per heavy atom. The van der Waals surface area contributed by atoms with Gasteiger partial charge >= 0.3 is 0 Å². The molecular weight excluding hydrogens is 304 g/mol. The summed E-state index contributed by atoms with van der Waals surface area (Å²) in [5, 5.41) is 0.122. The van der Waals surface area contributed by atoms with Gasteiger partial charge in [-0.1, -0.05) is 36.4 Å². The number of rotatable bonds is 4. The van der Waals surface area contributed by atoms with E-state index in [4.69, 9.17) is 0 Å². The van der Waals surface area contributed by atoms with E-state index in [2.05, 4.69) is 54.3 Å². The van der Waals surface area contributed by atoms with E-state index in [1.165, 1.54) is 22.4 Å². The van der Waals surface area contributed by atoms with Crippen LogP contribution in [0, 0.1) is 6.92 Å². The van der Waals surface area contributed by atoms with Gasteiger partial charge in [-0.2, -0.15) is 0 Å². The molecule has 3 rings (SSSR count). The summed E-state index contributed by atoms with van der Waals surface area (Å²) in [5.74, 6) is 0.786. The van der Waals surface area contributed by atoms with Crippen LogP contribution in [-0.4, -0.2) is 30.7 Å². The molecule has 0 radical (unpaired) electrons. The van der Waals surface area contributed by atoms with Gasteiger partial charge in [0, 0.05) is 26.3 Å². The Kier molecular flexibility index (Phi) is 4.62. The molecule has 0 aliphatic carbocycles. The minimum absolute atomic E-state index is 0.122. The van der Waals surface area contributed by atoms with E-state index in [1.807, 2.05) is 25.1 Å². The second kappa shape index (κ2) is 6.67. The Bertz CT molecular complexity index is 697. The number of benzene rings is 2. The number of nitrogens with zero attached hydrogens (tertiary/aromatic N) is 2. The number of carbonyl (C=O) groups excluding carboxylic acids is 1. The van der Waals surface area contributed by atoms with E-state index in [9.17, 15) is 4.79 Å². The number of thioether (sulfide) groups is 1. The number of anilines is 1. The molecule has 1 atom stereocenters. The summed E-state index contributed by atoms with van der Waals surface area (Å²) in [7, 11) is 4.06. The third kappa shape index (κ3) is 3.37. The summed E-state index contributed by atoms with van der Waals surface area (Å²) in [6.45, 7) is 2.78. The average Bonchev–Trinajstić information content (AvgIpc) is 2.89. The third-order valence-corrected chi connectivity index (χ3v) is 5.47. The molecule has 0 bridgehead atoms. The summed E-state index contributed by atoms with van der Waals surface area (Å²) in [6.07, 6.45) is 0. The van der Waals surface area contributed by atoms with E-state index in [-0.39, 0.29) is 11.3 Å². The molecule has 2 aromatic carbocycles. The molecule has 1 amide bonds. The lowest BCUT2D eigenvalue weighted by molar-refractivity contribution is -0.128. The zero-order chi connectivity index (χ0) is 16.4. The van der Waals surface area contributed by atoms with Crippen molar-refractivity contribution in [1.82, 2.24) is 4.90 Å². The van der Waals surface area contributed by atoms with Crippen LogP contribution < -0.4 is 4.90 Å². The van der Waals surface area contributed by atoms with Crippen molar-refractivity contribution in [2.45, 2.75) is 18.8 Å². The van der Waals surface area contributed by atoms with Gasteiger partial charge < -0.3 is 9.80 Å². The van der Waals surface area contributed by atoms with Gasteiger partial charge in [-0.3, -0.25) is 4.79 Å². The molecule has 1 saturated heterocycles. The van der Waals surface area contributed by atoms with Crippen molar-refractivity contribution in [3.05, 3.63) is 65.2 Å². The van der Waals surface area contributed by atoms with Crippen LogP contribution in [0.25, 0.3) is 0 Å². The van der Waals surface area contributed by atoms with Crippen molar-refractivity contribution in [3.8, 4) is 0 Å². The topological polar surface area (TPSA) is 23.6 Å². The Hall–Kier alpha value is -1.94. The van der Waals surface area contributed by atoms with Crippen LogP contribution in [0.15, 0.2) is 48.5 Å². The van der Waals surface area contributed by atoms with Crippen LogP contribution in [0.2, 0.25) is 0 Å². The molecule has 0 N–H and O–H groups in total. The average molecular weight is 326 g/mol. The largest absolute Gasteiger partial charge is 0.378 e. The Balaban J connectivity index is 1.82. The maximum atomic E-state index is 12.3. The van der Waals surface area contributed by atoms with Gasteiger partial charge in [0.1, 0.15) is 5.37 Å². The van der Waals surface area contributed by atoms with Gasteiger partial charge in [0.2, 0.25) is 5.91 Å². The Morgan fingerprint density at radius 2 is 1.83 bits per heavy atom. The molecule has 0 spiro atoms. The van der Waals surface area contributed by atoms with Crippen molar-refractivity contribution in [3.63, 3.8) is 0 Å². The highest BCUT2D eigenvalue weighted by atomic mass is 32.2. The molecule has 3 nitrogen and oxygen atoms in total. The molecule has 0 saturated carbocycles. The predicted octanol–water partition coefficient (Wildman–Crippen LogP) is 3.84. The SMILES string of the molecule is Cc1ccccc1C1SCC(=O)N1Cc1ccc(N(C)C)cc1. The summed E-state index contributed by atoms with van der Waals surface area (Å²) in [5.41, 5.74) is 4.83. The van der Waals surface area contributed by atoms with Crippen LogP contribution in [0.4, 0.5) is 5.69 Å². The standard InChI is InChI=1S/C19H22N2OS/c1-14-6-4-5-7-17(14)19-21(18(22)13-23-19)12-15-8-10-16(11-9-15)20(2)3/h4-11,19H,12-13H2,1-3H3. The van der Waals surface area contributed by atoms with Crippen molar-refractivity contribution in [1.29, 1.82) is 0 Å². The van der Waals surface area contributed by atoms with Crippen LogP contribution in [0.1, 0.15) is 22.1 Å². The smallest absolute Gasteiger partial charge is 0.234 e. The number of hydrogen-bond donors (Lipinski definition) is 0. The van der Waals surface area contributed by atoms with E-state index in [1.54, 1.807) is 11.8 Å². The first-order valence-electron chi connectivity index (χ1n) is 7.79. The number of hydrogen-bond acceptors (Lipinski definition) is 3. The van der Waals surface area contributed by atoms with E-state index < -0.39 is 0 Å².